The first-order valence-electron chi connectivity index (χ1n) is 6.83. The fourth-order valence-electron chi connectivity index (χ4n) is 2.77. The molecule has 0 amide bonds. The molecule has 2 nitrogen and oxygen atoms in total. The molecule has 3 aromatic rings. The van der Waals surface area contributed by atoms with Crippen LogP contribution in [0.1, 0.15) is 28.3 Å². The van der Waals surface area contributed by atoms with E-state index in [9.17, 15) is 0 Å². The number of pyridine rings is 1. The van der Waals surface area contributed by atoms with E-state index >= 15 is 0 Å². The minimum atomic E-state index is -0.0965. The molecule has 0 saturated heterocycles. The van der Waals surface area contributed by atoms with Crippen LogP contribution < -0.4 is 5.73 Å². The van der Waals surface area contributed by atoms with Gasteiger partial charge in [0.1, 0.15) is 0 Å². The molecule has 1 heterocycles. The zero-order chi connectivity index (χ0) is 14.1. The summed E-state index contributed by atoms with van der Waals surface area (Å²) in [5, 5.41) is 1.13. The van der Waals surface area contributed by atoms with Gasteiger partial charge in [-0.1, -0.05) is 30.3 Å². The number of fused-ring (bicyclic) bond motifs is 1. The van der Waals surface area contributed by atoms with Crippen molar-refractivity contribution >= 4 is 10.9 Å². The van der Waals surface area contributed by atoms with Gasteiger partial charge in [-0.05, 0) is 54.3 Å². The van der Waals surface area contributed by atoms with Crippen molar-refractivity contribution in [3.63, 3.8) is 0 Å². The number of aryl methyl sites for hydroxylation is 2. The van der Waals surface area contributed by atoms with Gasteiger partial charge in [-0.2, -0.15) is 0 Å². The second kappa shape index (κ2) is 5.06. The quantitative estimate of drug-likeness (QED) is 0.760. The summed E-state index contributed by atoms with van der Waals surface area (Å²) in [6, 6.07) is 16.5. The molecule has 1 unspecified atom stereocenters. The van der Waals surface area contributed by atoms with Gasteiger partial charge in [0, 0.05) is 11.6 Å². The fraction of sp³-hybridized carbons (Fsp3) is 0.167. The topological polar surface area (TPSA) is 38.9 Å². The molecule has 0 bridgehead atoms. The first kappa shape index (κ1) is 12.8. The molecular formula is C18H18N2. The first-order chi connectivity index (χ1) is 9.66. The molecule has 0 aliphatic rings. The van der Waals surface area contributed by atoms with Crippen LogP contribution in [0.3, 0.4) is 0 Å². The van der Waals surface area contributed by atoms with Gasteiger partial charge in [0.2, 0.25) is 0 Å². The van der Waals surface area contributed by atoms with Crippen molar-refractivity contribution < 1.29 is 0 Å². The Balaban J connectivity index is 2.10. The van der Waals surface area contributed by atoms with Crippen LogP contribution in [0.2, 0.25) is 0 Å². The second-order valence-electron chi connectivity index (χ2n) is 5.24. The van der Waals surface area contributed by atoms with E-state index in [-0.39, 0.29) is 6.04 Å². The maximum atomic E-state index is 6.49. The minimum absolute atomic E-state index is 0.0965. The van der Waals surface area contributed by atoms with E-state index in [1.165, 1.54) is 16.7 Å². The van der Waals surface area contributed by atoms with Gasteiger partial charge in [0.05, 0.1) is 11.6 Å². The highest BCUT2D eigenvalue weighted by atomic mass is 14.7. The number of hydrogen-bond donors (Lipinski definition) is 1. The average Bonchev–Trinajstić information content (AvgIpc) is 2.46. The van der Waals surface area contributed by atoms with Gasteiger partial charge in [0.15, 0.2) is 0 Å². The van der Waals surface area contributed by atoms with E-state index in [0.717, 1.165) is 16.5 Å². The Morgan fingerprint density at radius 3 is 2.45 bits per heavy atom. The Labute approximate surface area is 119 Å². The molecule has 0 spiro atoms. The Hall–Kier alpha value is -2.19. The Bertz CT molecular complexity index is 742. The predicted octanol–water partition coefficient (Wildman–Crippen LogP) is 3.90. The summed E-state index contributed by atoms with van der Waals surface area (Å²) in [5.41, 5.74) is 12.3. The molecular weight excluding hydrogens is 244 g/mol. The first-order valence-corrected chi connectivity index (χ1v) is 6.83. The van der Waals surface area contributed by atoms with Crippen LogP contribution in [0.5, 0.6) is 0 Å². The van der Waals surface area contributed by atoms with Gasteiger partial charge >= 0.3 is 0 Å². The maximum Gasteiger partial charge on any atom is 0.0702 e. The highest BCUT2D eigenvalue weighted by Gasteiger charge is 2.14. The van der Waals surface area contributed by atoms with E-state index in [1.807, 2.05) is 18.3 Å². The number of nitrogens with zero attached hydrogens (tertiary/aromatic N) is 1. The Morgan fingerprint density at radius 1 is 0.950 bits per heavy atom. The summed E-state index contributed by atoms with van der Waals surface area (Å²) in [4.78, 5) is 4.35. The highest BCUT2D eigenvalue weighted by molar-refractivity contribution is 5.79. The standard InChI is InChI=1S/C18H18N2/c1-12-5-3-6-13(2)17(12)18(19)15-8-9-16-14(11-15)7-4-10-20-16/h3-11,18H,19H2,1-2H3. The van der Waals surface area contributed by atoms with Crippen molar-refractivity contribution in [1.82, 2.24) is 4.98 Å². The van der Waals surface area contributed by atoms with Crippen LogP contribution in [0.25, 0.3) is 10.9 Å². The van der Waals surface area contributed by atoms with Crippen LogP contribution in [-0.4, -0.2) is 4.98 Å². The van der Waals surface area contributed by atoms with Crippen LogP contribution in [0.15, 0.2) is 54.7 Å². The molecule has 1 atom stereocenters. The predicted molar refractivity (Wildman–Crippen MR) is 83.7 cm³/mol. The van der Waals surface area contributed by atoms with E-state index < -0.39 is 0 Å². The zero-order valence-electron chi connectivity index (χ0n) is 11.8. The average molecular weight is 262 g/mol. The smallest absolute Gasteiger partial charge is 0.0702 e. The number of aromatic nitrogens is 1. The maximum absolute atomic E-state index is 6.49. The number of benzene rings is 2. The van der Waals surface area contributed by atoms with Crippen LogP contribution in [-0.2, 0) is 0 Å². The lowest BCUT2D eigenvalue weighted by molar-refractivity contribution is 0.853. The number of nitrogens with two attached hydrogens (primary N) is 1. The molecule has 2 aromatic carbocycles. The molecule has 0 radical (unpaired) electrons. The Morgan fingerprint density at radius 2 is 1.70 bits per heavy atom. The van der Waals surface area contributed by atoms with Crippen molar-refractivity contribution in [2.45, 2.75) is 19.9 Å². The molecule has 0 saturated carbocycles. The summed E-state index contributed by atoms with van der Waals surface area (Å²) in [6.45, 7) is 4.23. The van der Waals surface area contributed by atoms with Gasteiger partial charge in [0.25, 0.3) is 0 Å². The lowest BCUT2D eigenvalue weighted by Gasteiger charge is -2.18. The monoisotopic (exact) mass is 262 g/mol. The van der Waals surface area contributed by atoms with E-state index in [1.54, 1.807) is 0 Å². The molecule has 20 heavy (non-hydrogen) atoms. The SMILES string of the molecule is Cc1cccc(C)c1C(N)c1ccc2ncccc2c1. The zero-order valence-corrected chi connectivity index (χ0v) is 11.8. The van der Waals surface area contributed by atoms with E-state index in [2.05, 4.69) is 55.2 Å². The van der Waals surface area contributed by atoms with E-state index in [4.69, 9.17) is 5.73 Å². The largest absolute Gasteiger partial charge is 0.320 e. The van der Waals surface area contributed by atoms with Crippen molar-refractivity contribution in [2.75, 3.05) is 0 Å². The lowest BCUT2D eigenvalue weighted by atomic mass is 9.91. The lowest BCUT2D eigenvalue weighted by Crippen LogP contribution is -2.14. The second-order valence-corrected chi connectivity index (χ2v) is 5.24. The molecule has 0 aliphatic heterocycles. The molecule has 1 aromatic heterocycles. The number of hydrogen-bond acceptors (Lipinski definition) is 2. The van der Waals surface area contributed by atoms with Gasteiger partial charge < -0.3 is 5.73 Å². The van der Waals surface area contributed by atoms with E-state index in [0.29, 0.717) is 0 Å². The van der Waals surface area contributed by atoms with Gasteiger partial charge in [-0.3, -0.25) is 4.98 Å². The molecule has 2 N–H and O–H groups in total. The highest BCUT2D eigenvalue weighted by Crippen LogP contribution is 2.27. The van der Waals surface area contributed by atoms with Gasteiger partial charge in [-0.15, -0.1) is 0 Å². The van der Waals surface area contributed by atoms with Crippen molar-refractivity contribution in [3.05, 3.63) is 77.0 Å². The summed E-state index contributed by atoms with van der Waals surface area (Å²) in [6.07, 6.45) is 1.81. The van der Waals surface area contributed by atoms with Crippen LogP contribution in [0, 0.1) is 13.8 Å². The third-order valence-electron chi connectivity index (χ3n) is 3.84. The third kappa shape index (κ3) is 2.19. The molecule has 0 fully saturated rings. The summed E-state index contributed by atoms with van der Waals surface area (Å²) in [7, 11) is 0. The van der Waals surface area contributed by atoms with Crippen LogP contribution >= 0.6 is 0 Å². The molecule has 100 valence electrons. The van der Waals surface area contributed by atoms with Crippen molar-refractivity contribution in [2.24, 2.45) is 5.73 Å². The normalized spacial score (nSPS) is 12.6. The van der Waals surface area contributed by atoms with Crippen LogP contribution in [0.4, 0.5) is 0 Å². The molecule has 0 aliphatic carbocycles. The third-order valence-corrected chi connectivity index (χ3v) is 3.84. The van der Waals surface area contributed by atoms with Crippen molar-refractivity contribution in [3.8, 4) is 0 Å². The summed E-state index contributed by atoms with van der Waals surface area (Å²) >= 11 is 0. The molecule has 3 rings (SSSR count). The molecule has 2 heteroatoms. The summed E-state index contributed by atoms with van der Waals surface area (Å²) < 4.78 is 0. The summed E-state index contributed by atoms with van der Waals surface area (Å²) in [5.74, 6) is 0. The minimum Gasteiger partial charge on any atom is -0.320 e. The Kier molecular flexibility index (Phi) is 3.25. The number of rotatable bonds is 2. The fourth-order valence-corrected chi connectivity index (χ4v) is 2.77. The van der Waals surface area contributed by atoms with Crippen molar-refractivity contribution in [1.29, 1.82) is 0 Å². The van der Waals surface area contributed by atoms with Gasteiger partial charge in [-0.25, -0.2) is 0 Å².